The van der Waals surface area contributed by atoms with Crippen LogP contribution in [0.4, 0.5) is 5.69 Å². The van der Waals surface area contributed by atoms with Gasteiger partial charge in [-0.25, -0.2) is 0 Å². The van der Waals surface area contributed by atoms with Crippen LogP contribution in [0.5, 0.6) is 0 Å². The number of hydrogen-bond acceptors (Lipinski definition) is 2. The molecule has 0 saturated heterocycles. The molecule has 2 nitrogen and oxygen atoms in total. The Morgan fingerprint density at radius 2 is 2.06 bits per heavy atom. The lowest BCUT2D eigenvalue weighted by Gasteiger charge is -2.23. The Kier molecular flexibility index (Phi) is 3.77. The normalized spacial score (nSPS) is 18.7. The van der Waals surface area contributed by atoms with Crippen molar-refractivity contribution in [2.75, 3.05) is 11.9 Å². The fourth-order valence-electron chi connectivity index (χ4n) is 2.11. The smallest absolute Gasteiger partial charge is 0.0819 e. The van der Waals surface area contributed by atoms with Gasteiger partial charge in [0.05, 0.1) is 20.8 Å². The molecule has 0 radical (unpaired) electrons. The zero-order chi connectivity index (χ0) is 11.6. The molecule has 1 aliphatic rings. The van der Waals surface area contributed by atoms with Crippen molar-refractivity contribution in [3.05, 3.63) is 27.7 Å². The van der Waals surface area contributed by atoms with Crippen molar-refractivity contribution in [1.29, 1.82) is 0 Å². The second-order valence-electron chi connectivity index (χ2n) is 4.39. The van der Waals surface area contributed by atoms with Gasteiger partial charge in [-0.05, 0) is 40.9 Å². The van der Waals surface area contributed by atoms with E-state index >= 15 is 0 Å². The fraction of sp³-hybridized carbons (Fsp3) is 0.500. The van der Waals surface area contributed by atoms with E-state index in [-0.39, 0.29) is 0 Å². The molecule has 1 aliphatic carbocycles. The fourth-order valence-corrected chi connectivity index (χ4v) is 2.69. The third-order valence-electron chi connectivity index (χ3n) is 3.09. The summed E-state index contributed by atoms with van der Waals surface area (Å²) in [5, 5.41) is 14.1. The van der Waals surface area contributed by atoms with Gasteiger partial charge in [0.1, 0.15) is 0 Å². The summed E-state index contributed by atoms with van der Waals surface area (Å²) in [7, 11) is 0. The second-order valence-corrected chi connectivity index (χ2v) is 5.59. The molecule has 4 heteroatoms. The number of rotatable bonds is 3. The molecule has 16 heavy (non-hydrogen) atoms. The number of hydrogen-bond donors (Lipinski definition) is 2. The lowest BCUT2D eigenvalue weighted by molar-refractivity contribution is 0.0614. The maximum atomic E-state index is 10.2. The van der Waals surface area contributed by atoms with Crippen LogP contribution in [-0.2, 0) is 0 Å². The molecular formula is C12H15BrClNO. The molecule has 0 spiro atoms. The van der Waals surface area contributed by atoms with Crippen molar-refractivity contribution < 1.29 is 5.11 Å². The summed E-state index contributed by atoms with van der Waals surface area (Å²) in [6.07, 6.45) is 4.01. The molecule has 1 saturated carbocycles. The molecule has 88 valence electrons. The predicted molar refractivity (Wildman–Crippen MR) is 71.1 cm³/mol. The van der Waals surface area contributed by atoms with Crippen LogP contribution >= 0.6 is 27.5 Å². The van der Waals surface area contributed by atoms with Gasteiger partial charge in [0.2, 0.25) is 0 Å². The highest BCUT2D eigenvalue weighted by molar-refractivity contribution is 9.10. The number of aliphatic hydroxyl groups is 1. The minimum absolute atomic E-state index is 0.540. The van der Waals surface area contributed by atoms with Crippen LogP contribution in [0, 0.1) is 0 Å². The summed E-state index contributed by atoms with van der Waals surface area (Å²) >= 11 is 9.43. The molecular weight excluding hydrogens is 289 g/mol. The molecule has 1 fully saturated rings. The summed E-state index contributed by atoms with van der Waals surface area (Å²) in [5.41, 5.74) is 0.398. The quantitative estimate of drug-likeness (QED) is 0.890. The van der Waals surface area contributed by atoms with E-state index in [4.69, 9.17) is 11.6 Å². The Morgan fingerprint density at radius 3 is 2.75 bits per heavy atom. The molecule has 2 rings (SSSR count). The van der Waals surface area contributed by atoms with Crippen molar-refractivity contribution in [3.63, 3.8) is 0 Å². The highest BCUT2D eigenvalue weighted by Gasteiger charge is 2.30. The van der Waals surface area contributed by atoms with Crippen molar-refractivity contribution in [2.45, 2.75) is 31.3 Å². The first-order chi connectivity index (χ1) is 7.61. The second kappa shape index (κ2) is 4.94. The van der Waals surface area contributed by atoms with Gasteiger partial charge < -0.3 is 10.4 Å². The standard InChI is InChI=1S/C12H15BrClNO/c13-11-9(14)4-3-5-10(11)15-8-12(16)6-1-2-7-12/h3-5,15-16H,1-2,6-8H2. The van der Waals surface area contributed by atoms with Crippen molar-refractivity contribution in [3.8, 4) is 0 Å². The van der Waals surface area contributed by atoms with E-state index < -0.39 is 5.60 Å². The van der Waals surface area contributed by atoms with Crippen molar-refractivity contribution in [2.24, 2.45) is 0 Å². The number of nitrogens with one attached hydrogen (secondary N) is 1. The molecule has 0 amide bonds. The maximum absolute atomic E-state index is 10.2. The van der Waals surface area contributed by atoms with Gasteiger partial charge in [-0.15, -0.1) is 0 Å². The van der Waals surface area contributed by atoms with Crippen molar-refractivity contribution >= 4 is 33.2 Å². The van der Waals surface area contributed by atoms with E-state index in [0.717, 1.165) is 35.8 Å². The van der Waals surface area contributed by atoms with Gasteiger partial charge in [0.15, 0.2) is 0 Å². The van der Waals surface area contributed by atoms with Crippen LogP contribution in [0.3, 0.4) is 0 Å². The van der Waals surface area contributed by atoms with E-state index in [1.165, 1.54) is 0 Å². The third kappa shape index (κ3) is 2.70. The maximum Gasteiger partial charge on any atom is 0.0819 e. The Labute approximate surface area is 109 Å². The minimum atomic E-state index is -0.540. The van der Waals surface area contributed by atoms with Crippen molar-refractivity contribution in [1.82, 2.24) is 0 Å². The molecule has 1 aromatic rings. The lowest BCUT2D eigenvalue weighted by Crippen LogP contribution is -2.33. The van der Waals surface area contributed by atoms with Crippen LogP contribution < -0.4 is 5.32 Å². The minimum Gasteiger partial charge on any atom is -0.388 e. The van der Waals surface area contributed by atoms with Gasteiger partial charge >= 0.3 is 0 Å². The number of anilines is 1. The summed E-state index contributed by atoms with van der Waals surface area (Å²) in [6.45, 7) is 0.589. The summed E-state index contributed by atoms with van der Waals surface area (Å²) in [4.78, 5) is 0. The molecule has 0 aromatic heterocycles. The van der Waals surface area contributed by atoms with Gasteiger partial charge in [0, 0.05) is 6.54 Å². The van der Waals surface area contributed by atoms with Crippen LogP contribution in [-0.4, -0.2) is 17.3 Å². The Morgan fingerprint density at radius 1 is 1.38 bits per heavy atom. The van der Waals surface area contributed by atoms with Crippen LogP contribution in [0.15, 0.2) is 22.7 Å². The summed E-state index contributed by atoms with van der Waals surface area (Å²) in [6, 6.07) is 5.68. The first-order valence-corrected chi connectivity index (χ1v) is 6.68. The average molecular weight is 305 g/mol. The third-order valence-corrected chi connectivity index (χ3v) is 4.49. The van der Waals surface area contributed by atoms with Crippen LogP contribution in [0.25, 0.3) is 0 Å². The molecule has 1 aromatic carbocycles. The molecule has 0 bridgehead atoms. The first kappa shape index (κ1) is 12.2. The molecule has 0 unspecified atom stereocenters. The van der Waals surface area contributed by atoms with Gasteiger partial charge in [-0.3, -0.25) is 0 Å². The highest BCUT2D eigenvalue weighted by Crippen LogP contribution is 2.33. The summed E-state index contributed by atoms with van der Waals surface area (Å²) in [5.74, 6) is 0. The van der Waals surface area contributed by atoms with Gasteiger partial charge in [-0.1, -0.05) is 30.5 Å². The monoisotopic (exact) mass is 303 g/mol. The first-order valence-electron chi connectivity index (χ1n) is 5.51. The van der Waals surface area contributed by atoms with E-state index in [0.29, 0.717) is 11.6 Å². The van der Waals surface area contributed by atoms with E-state index in [1.807, 2.05) is 18.2 Å². The number of halogens is 2. The molecule has 0 heterocycles. The van der Waals surface area contributed by atoms with Gasteiger partial charge in [0.25, 0.3) is 0 Å². The average Bonchev–Trinajstić information content (AvgIpc) is 2.68. The zero-order valence-electron chi connectivity index (χ0n) is 8.97. The molecule has 0 atom stereocenters. The van der Waals surface area contributed by atoms with Crippen LogP contribution in [0.2, 0.25) is 5.02 Å². The summed E-state index contributed by atoms with van der Waals surface area (Å²) < 4.78 is 0.860. The Bertz CT molecular complexity index is 377. The topological polar surface area (TPSA) is 32.3 Å². The largest absolute Gasteiger partial charge is 0.388 e. The molecule has 0 aliphatic heterocycles. The Hall–Kier alpha value is -0.250. The van der Waals surface area contributed by atoms with E-state index in [2.05, 4.69) is 21.2 Å². The van der Waals surface area contributed by atoms with Gasteiger partial charge in [-0.2, -0.15) is 0 Å². The van der Waals surface area contributed by atoms with E-state index in [9.17, 15) is 5.11 Å². The predicted octanol–water partition coefficient (Wildman–Crippen LogP) is 3.82. The Balaban J connectivity index is 2.02. The highest BCUT2D eigenvalue weighted by atomic mass is 79.9. The van der Waals surface area contributed by atoms with E-state index in [1.54, 1.807) is 0 Å². The number of benzene rings is 1. The molecule has 2 N–H and O–H groups in total. The van der Waals surface area contributed by atoms with Crippen LogP contribution in [0.1, 0.15) is 25.7 Å². The SMILES string of the molecule is OC1(CNc2cccc(Cl)c2Br)CCCC1. The zero-order valence-corrected chi connectivity index (χ0v) is 11.3. The lowest BCUT2D eigenvalue weighted by atomic mass is 10.0.